The van der Waals surface area contributed by atoms with Gasteiger partial charge in [0, 0.05) is 18.4 Å². The molecule has 0 fully saturated rings. The summed E-state index contributed by atoms with van der Waals surface area (Å²) in [6.07, 6.45) is 3.54. The van der Waals surface area contributed by atoms with Crippen molar-refractivity contribution >= 4 is 23.3 Å². The highest BCUT2D eigenvalue weighted by molar-refractivity contribution is 6.07. The standard InChI is InChI=1S/C23H23N3O3/c1-29-23(28)19-11-5-6-12-20(19)26-22(27)21-16-18(13-15-25-21)24-14-7-10-17-8-3-2-4-9-17/h2-6,8-9,11-13,15-16H,7,10,14H2,1H3,(H,24,25)(H,26,27). The third-order valence-electron chi connectivity index (χ3n) is 4.39. The Labute approximate surface area is 169 Å². The SMILES string of the molecule is COC(=O)c1ccccc1NC(=O)c1cc(NCCCc2ccccc2)ccn1. The van der Waals surface area contributed by atoms with Crippen LogP contribution in [0.3, 0.4) is 0 Å². The second kappa shape index (κ2) is 10.0. The molecule has 6 nitrogen and oxygen atoms in total. The molecule has 1 aromatic heterocycles. The van der Waals surface area contributed by atoms with E-state index in [1.165, 1.54) is 12.7 Å². The molecule has 0 aliphatic carbocycles. The molecule has 0 saturated heterocycles. The highest BCUT2D eigenvalue weighted by Gasteiger charge is 2.15. The summed E-state index contributed by atoms with van der Waals surface area (Å²) in [5.41, 5.74) is 3.05. The third kappa shape index (κ3) is 5.65. The number of nitrogens with zero attached hydrogens (tertiary/aromatic N) is 1. The smallest absolute Gasteiger partial charge is 0.339 e. The van der Waals surface area contributed by atoms with Crippen molar-refractivity contribution in [3.63, 3.8) is 0 Å². The number of aryl methyl sites for hydroxylation is 1. The molecule has 6 heteroatoms. The van der Waals surface area contributed by atoms with Gasteiger partial charge in [0.15, 0.2) is 0 Å². The first kappa shape index (κ1) is 20.1. The molecule has 0 bridgehead atoms. The molecule has 0 aliphatic rings. The van der Waals surface area contributed by atoms with Gasteiger partial charge in [-0.1, -0.05) is 42.5 Å². The van der Waals surface area contributed by atoms with Crippen LogP contribution in [0.5, 0.6) is 0 Å². The number of anilines is 2. The van der Waals surface area contributed by atoms with Gasteiger partial charge in [-0.15, -0.1) is 0 Å². The summed E-state index contributed by atoms with van der Waals surface area (Å²) in [7, 11) is 1.30. The van der Waals surface area contributed by atoms with Gasteiger partial charge in [-0.3, -0.25) is 9.78 Å². The Hall–Kier alpha value is -3.67. The molecule has 0 radical (unpaired) electrons. The van der Waals surface area contributed by atoms with Crippen molar-refractivity contribution in [2.45, 2.75) is 12.8 Å². The van der Waals surface area contributed by atoms with Gasteiger partial charge in [0.05, 0.1) is 18.4 Å². The van der Waals surface area contributed by atoms with E-state index in [1.54, 1.807) is 36.5 Å². The molecule has 0 spiro atoms. The summed E-state index contributed by atoms with van der Waals surface area (Å²) in [5.74, 6) is -0.906. The first-order valence-electron chi connectivity index (χ1n) is 9.40. The lowest BCUT2D eigenvalue weighted by molar-refractivity contribution is 0.0602. The van der Waals surface area contributed by atoms with Crippen LogP contribution in [0.4, 0.5) is 11.4 Å². The van der Waals surface area contributed by atoms with E-state index >= 15 is 0 Å². The van der Waals surface area contributed by atoms with Crippen molar-refractivity contribution in [2.24, 2.45) is 0 Å². The number of carbonyl (C=O) groups is 2. The number of aromatic nitrogens is 1. The Kier molecular flexibility index (Phi) is 6.95. The largest absolute Gasteiger partial charge is 0.465 e. The van der Waals surface area contributed by atoms with Crippen LogP contribution in [0.2, 0.25) is 0 Å². The van der Waals surface area contributed by atoms with Gasteiger partial charge in [-0.2, -0.15) is 0 Å². The van der Waals surface area contributed by atoms with Crippen LogP contribution in [-0.4, -0.2) is 30.5 Å². The van der Waals surface area contributed by atoms with Crippen LogP contribution < -0.4 is 10.6 Å². The number of benzene rings is 2. The summed E-state index contributed by atoms with van der Waals surface area (Å²) in [6, 6.07) is 20.5. The van der Waals surface area contributed by atoms with Gasteiger partial charge < -0.3 is 15.4 Å². The van der Waals surface area contributed by atoms with Crippen molar-refractivity contribution < 1.29 is 14.3 Å². The maximum Gasteiger partial charge on any atom is 0.339 e. The normalized spacial score (nSPS) is 10.2. The second-order valence-electron chi connectivity index (χ2n) is 6.44. The maximum atomic E-state index is 12.6. The number of amides is 1. The minimum Gasteiger partial charge on any atom is -0.465 e. The lowest BCUT2D eigenvalue weighted by atomic mass is 10.1. The number of hydrogen-bond acceptors (Lipinski definition) is 5. The molecule has 0 unspecified atom stereocenters. The van der Waals surface area contributed by atoms with Gasteiger partial charge in [-0.25, -0.2) is 4.79 Å². The first-order chi connectivity index (χ1) is 14.2. The van der Waals surface area contributed by atoms with Crippen molar-refractivity contribution in [3.05, 3.63) is 89.7 Å². The average molecular weight is 389 g/mol. The van der Waals surface area contributed by atoms with E-state index in [-0.39, 0.29) is 5.69 Å². The first-order valence-corrected chi connectivity index (χ1v) is 9.40. The minimum atomic E-state index is -0.511. The number of esters is 1. The molecule has 1 heterocycles. The van der Waals surface area contributed by atoms with Gasteiger partial charge >= 0.3 is 5.97 Å². The molecular formula is C23H23N3O3. The van der Waals surface area contributed by atoms with Crippen molar-refractivity contribution in [3.8, 4) is 0 Å². The zero-order chi connectivity index (χ0) is 20.5. The molecule has 2 N–H and O–H groups in total. The highest BCUT2D eigenvalue weighted by Crippen LogP contribution is 2.17. The zero-order valence-electron chi connectivity index (χ0n) is 16.2. The average Bonchev–Trinajstić information content (AvgIpc) is 2.77. The number of hydrogen-bond donors (Lipinski definition) is 2. The summed E-state index contributed by atoms with van der Waals surface area (Å²) in [6.45, 7) is 0.783. The molecule has 1 amide bonds. The minimum absolute atomic E-state index is 0.262. The van der Waals surface area contributed by atoms with Crippen LogP contribution in [0.1, 0.15) is 32.8 Å². The van der Waals surface area contributed by atoms with Crippen LogP contribution in [-0.2, 0) is 11.2 Å². The summed E-state index contributed by atoms with van der Waals surface area (Å²) < 4.78 is 4.75. The Morgan fingerprint density at radius 2 is 1.76 bits per heavy atom. The van der Waals surface area contributed by atoms with E-state index in [2.05, 4.69) is 27.8 Å². The van der Waals surface area contributed by atoms with Crippen LogP contribution in [0.25, 0.3) is 0 Å². The molecular weight excluding hydrogens is 366 g/mol. The summed E-state index contributed by atoms with van der Waals surface area (Å²) >= 11 is 0. The maximum absolute atomic E-state index is 12.6. The van der Waals surface area contributed by atoms with Crippen LogP contribution in [0, 0.1) is 0 Å². The number of pyridine rings is 1. The Bertz CT molecular complexity index is 974. The molecule has 0 aliphatic heterocycles. The van der Waals surface area contributed by atoms with E-state index in [4.69, 9.17) is 4.74 Å². The summed E-state index contributed by atoms with van der Waals surface area (Å²) in [5, 5.41) is 6.05. The second-order valence-corrected chi connectivity index (χ2v) is 6.44. The Balaban J connectivity index is 1.59. The summed E-state index contributed by atoms with van der Waals surface area (Å²) in [4.78, 5) is 28.6. The topological polar surface area (TPSA) is 80.3 Å². The fourth-order valence-corrected chi connectivity index (χ4v) is 2.90. The van der Waals surface area contributed by atoms with E-state index in [0.717, 1.165) is 25.1 Å². The molecule has 0 saturated carbocycles. The molecule has 0 atom stereocenters. The predicted molar refractivity (Wildman–Crippen MR) is 113 cm³/mol. The number of nitrogens with one attached hydrogen (secondary N) is 2. The van der Waals surface area contributed by atoms with E-state index < -0.39 is 11.9 Å². The molecule has 148 valence electrons. The van der Waals surface area contributed by atoms with Crippen LogP contribution in [0.15, 0.2) is 72.9 Å². The van der Waals surface area contributed by atoms with Gasteiger partial charge in [0.2, 0.25) is 0 Å². The van der Waals surface area contributed by atoms with Crippen molar-refractivity contribution in [2.75, 3.05) is 24.3 Å². The number of rotatable bonds is 8. The lowest BCUT2D eigenvalue weighted by Gasteiger charge is -2.10. The molecule has 29 heavy (non-hydrogen) atoms. The molecule has 3 rings (SSSR count). The number of carbonyl (C=O) groups excluding carboxylic acids is 2. The quantitative estimate of drug-likeness (QED) is 0.447. The van der Waals surface area contributed by atoms with Gasteiger partial charge in [0.25, 0.3) is 5.91 Å². The van der Waals surface area contributed by atoms with Gasteiger partial charge in [-0.05, 0) is 42.7 Å². The van der Waals surface area contributed by atoms with E-state index in [9.17, 15) is 9.59 Å². The van der Waals surface area contributed by atoms with E-state index in [0.29, 0.717) is 11.3 Å². The Morgan fingerprint density at radius 3 is 2.55 bits per heavy atom. The predicted octanol–water partition coefficient (Wildman–Crippen LogP) is 4.17. The molecule has 3 aromatic rings. The van der Waals surface area contributed by atoms with E-state index in [1.807, 2.05) is 24.3 Å². The third-order valence-corrected chi connectivity index (χ3v) is 4.39. The number of ether oxygens (including phenoxy) is 1. The Morgan fingerprint density at radius 1 is 1.00 bits per heavy atom. The fourth-order valence-electron chi connectivity index (χ4n) is 2.90. The molecule has 2 aromatic carbocycles. The lowest BCUT2D eigenvalue weighted by Crippen LogP contribution is -2.17. The van der Waals surface area contributed by atoms with Crippen molar-refractivity contribution in [1.29, 1.82) is 0 Å². The fraction of sp³-hybridized carbons (Fsp3) is 0.174. The number of para-hydroxylation sites is 1. The van der Waals surface area contributed by atoms with Crippen LogP contribution >= 0.6 is 0 Å². The zero-order valence-corrected chi connectivity index (χ0v) is 16.2. The number of methoxy groups -OCH3 is 1. The monoisotopic (exact) mass is 389 g/mol. The van der Waals surface area contributed by atoms with Gasteiger partial charge in [0.1, 0.15) is 5.69 Å². The highest BCUT2D eigenvalue weighted by atomic mass is 16.5. The van der Waals surface area contributed by atoms with Crippen molar-refractivity contribution in [1.82, 2.24) is 4.98 Å².